The van der Waals surface area contributed by atoms with Crippen LogP contribution in [0.1, 0.15) is 0 Å². The van der Waals surface area contributed by atoms with Gasteiger partial charge in [-0.15, -0.1) is 0 Å². The maximum Gasteiger partial charge on any atom is 0.0916 e. The molecule has 0 aromatic rings. The third kappa shape index (κ3) is 5.37. The number of hydrogen-bond donors (Lipinski definition) is 0. The van der Waals surface area contributed by atoms with Gasteiger partial charge in [0, 0.05) is 10.8 Å². The zero-order valence-electron chi connectivity index (χ0n) is 5.94. The van der Waals surface area contributed by atoms with Gasteiger partial charge < -0.3 is 9.47 Å². The molecule has 0 rings (SSSR count). The highest BCUT2D eigenvalue weighted by Gasteiger charge is 1.82. The minimum absolute atomic E-state index is 1.13. The zero-order chi connectivity index (χ0) is 7.82. The van der Waals surface area contributed by atoms with E-state index in [-0.39, 0.29) is 0 Å². The third-order valence-electron chi connectivity index (χ3n) is 0.652. The predicted molar refractivity (Wildman–Crippen MR) is 40.4 cm³/mol. The molecule has 0 heterocycles. The fraction of sp³-hybridized carbons (Fsp3) is 0.333. The molecule has 0 aliphatic carbocycles. The standard InChI is InChI=1S/C6H10O3S/c1-8-3-5-10(7)6-4-9-2/h3-6H,1-2H3. The van der Waals surface area contributed by atoms with Crippen LogP contribution in [0.5, 0.6) is 0 Å². The van der Waals surface area contributed by atoms with E-state index in [1.807, 2.05) is 0 Å². The van der Waals surface area contributed by atoms with E-state index >= 15 is 0 Å². The molecule has 0 amide bonds. The zero-order valence-corrected chi connectivity index (χ0v) is 6.76. The molecule has 0 atom stereocenters. The Hall–Kier alpha value is -0.770. The topological polar surface area (TPSA) is 35.5 Å². The van der Waals surface area contributed by atoms with Gasteiger partial charge in [-0.3, -0.25) is 4.21 Å². The molecule has 0 aliphatic heterocycles. The van der Waals surface area contributed by atoms with Crippen molar-refractivity contribution in [3.8, 4) is 0 Å². The number of methoxy groups -OCH3 is 2. The van der Waals surface area contributed by atoms with E-state index in [1.54, 1.807) is 0 Å². The van der Waals surface area contributed by atoms with Crippen molar-refractivity contribution in [2.45, 2.75) is 0 Å². The first-order valence-electron chi connectivity index (χ1n) is 2.59. The Morgan fingerprint density at radius 3 is 1.80 bits per heavy atom. The van der Waals surface area contributed by atoms with E-state index in [9.17, 15) is 4.21 Å². The molecule has 0 unspecified atom stereocenters. The summed E-state index contributed by atoms with van der Waals surface area (Å²) in [6, 6.07) is 0. The molecule has 58 valence electrons. The molecule has 0 aromatic carbocycles. The first-order chi connectivity index (χ1) is 4.81. The maximum atomic E-state index is 10.7. The van der Waals surface area contributed by atoms with Crippen molar-refractivity contribution in [3.63, 3.8) is 0 Å². The van der Waals surface area contributed by atoms with Crippen LogP contribution in [0, 0.1) is 0 Å². The molecular formula is C6H10O3S. The van der Waals surface area contributed by atoms with Crippen LogP contribution in [-0.4, -0.2) is 18.4 Å². The Balaban J connectivity index is 3.63. The fourth-order valence-electron chi connectivity index (χ4n) is 0.266. The summed E-state index contributed by atoms with van der Waals surface area (Å²) in [5, 5.41) is 2.82. The SMILES string of the molecule is COC=CS(=O)C=COC. The Morgan fingerprint density at radius 1 is 1.10 bits per heavy atom. The summed E-state index contributed by atoms with van der Waals surface area (Å²) < 4.78 is 19.8. The summed E-state index contributed by atoms with van der Waals surface area (Å²) in [6.45, 7) is 0. The largest absolute Gasteiger partial charge is 0.504 e. The Bertz CT molecular complexity index is 135. The molecule has 0 aliphatic rings. The smallest absolute Gasteiger partial charge is 0.0916 e. The monoisotopic (exact) mass is 162 g/mol. The molecule has 0 spiro atoms. The molecule has 3 nitrogen and oxygen atoms in total. The first-order valence-corrected chi connectivity index (χ1v) is 3.87. The molecule has 0 bridgehead atoms. The van der Waals surface area contributed by atoms with Crippen LogP contribution in [0.15, 0.2) is 23.3 Å². The fourth-order valence-corrected chi connectivity index (χ4v) is 0.798. The highest BCUT2D eigenvalue weighted by Crippen LogP contribution is 1.87. The van der Waals surface area contributed by atoms with Crippen LogP contribution in [0.4, 0.5) is 0 Å². The Labute approximate surface area is 62.8 Å². The van der Waals surface area contributed by atoms with Gasteiger partial charge in [0.2, 0.25) is 0 Å². The average molecular weight is 162 g/mol. The van der Waals surface area contributed by atoms with Crippen molar-refractivity contribution < 1.29 is 13.7 Å². The van der Waals surface area contributed by atoms with E-state index in [0.717, 1.165) is 0 Å². The van der Waals surface area contributed by atoms with E-state index in [2.05, 4.69) is 9.47 Å². The van der Waals surface area contributed by atoms with Crippen LogP contribution in [0.2, 0.25) is 0 Å². The molecular weight excluding hydrogens is 152 g/mol. The molecule has 10 heavy (non-hydrogen) atoms. The normalized spacial score (nSPS) is 14.2. The highest BCUT2D eigenvalue weighted by atomic mass is 32.2. The Morgan fingerprint density at radius 2 is 1.50 bits per heavy atom. The Kier molecular flexibility index (Phi) is 5.86. The van der Waals surface area contributed by atoms with Gasteiger partial charge in [0.25, 0.3) is 0 Å². The minimum atomic E-state index is -1.13. The summed E-state index contributed by atoms with van der Waals surface area (Å²) in [7, 11) is 1.86. The van der Waals surface area contributed by atoms with Gasteiger partial charge in [-0.1, -0.05) is 0 Å². The van der Waals surface area contributed by atoms with Gasteiger partial charge in [0.1, 0.15) is 0 Å². The van der Waals surface area contributed by atoms with Crippen molar-refractivity contribution in [2.75, 3.05) is 14.2 Å². The molecule has 0 fully saturated rings. The predicted octanol–water partition coefficient (Wildman–Crippen LogP) is 0.970. The maximum absolute atomic E-state index is 10.7. The van der Waals surface area contributed by atoms with Gasteiger partial charge in [-0.05, 0) is 0 Å². The lowest BCUT2D eigenvalue weighted by Gasteiger charge is -1.86. The number of ether oxygens (including phenoxy) is 2. The van der Waals surface area contributed by atoms with Gasteiger partial charge >= 0.3 is 0 Å². The van der Waals surface area contributed by atoms with Gasteiger partial charge in [-0.25, -0.2) is 0 Å². The molecule has 0 saturated heterocycles. The molecule has 0 saturated carbocycles. The van der Waals surface area contributed by atoms with Crippen molar-refractivity contribution in [2.24, 2.45) is 0 Å². The number of rotatable bonds is 4. The van der Waals surface area contributed by atoms with Crippen LogP contribution in [0.25, 0.3) is 0 Å². The van der Waals surface area contributed by atoms with Crippen molar-refractivity contribution in [1.29, 1.82) is 0 Å². The number of hydrogen-bond acceptors (Lipinski definition) is 3. The summed E-state index contributed by atoms with van der Waals surface area (Å²) in [5.74, 6) is 0. The second-order valence-electron chi connectivity index (χ2n) is 1.34. The quantitative estimate of drug-likeness (QED) is 0.578. The van der Waals surface area contributed by atoms with Crippen molar-refractivity contribution in [1.82, 2.24) is 0 Å². The molecule has 0 aromatic heterocycles. The third-order valence-corrected chi connectivity index (χ3v) is 1.41. The molecule has 4 heteroatoms. The van der Waals surface area contributed by atoms with Crippen LogP contribution in [-0.2, 0) is 20.3 Å². The van der Waals surface area contributed by atoms with Crippen molar-refractivity contribution >= 4 is 10.8 Å². The summed E-state index contributed by atoms with van der Waals surface area (Å²) in [4.78, 5) is 0. The van der Waals surface area contributed by atoms with Crippen LogP contribution < -0.4 is 0 Å². The lowest BCUT2D eigenvalue weighted by atomic mass is 11.1. The lowest BCUT2D eigenvalue weighted by molar-refractivity contribution is 0.338. The first kappa shape index (κ1) is 9.23. The van der Waals surface area contributed by atoms with Gasteiger partial charge in [0.05, 0.1) is 37.5 Å². The summed E-state index contributed by atoms with van der Waals surface area (Å²) in [6.07, 6.45) is 2.71. The van der Waals surface area contributed by atoms with E-state index in [0.29, 0.717) is 0 Å². The average Bonchev–Trinajstić information content (AvgIpc) is 1.97. The van der Waals surface area contributed by atoms with Gasteiger partial charge in [0.15, 0.2) is 0 Å². The molecule has 0 N–H and O–H groups in total. The molecule has 0 radical (unpaired) electrons. The van der Waals surface area contributed by atoms with Crippen molar-refractivity contribution in [3.05, 3.63) is 23.3 Å². The van der Waals surface area contributed by atoms with Gasteiger partial charge in [-0.2, -0.15) is 0 Å². The van der Waals surface area contributed by atoms with E-state index < -0.39 is 10.8 Å². The van der Waals surface area contributed by atoms with E-state index in [4.69, 9.17) is 0 Å². The van der Waals surface area contributed by atoms with Crippen LogP contribution >= 0.6 is 0 Å². The highest BCUT2D eigenvalue weighted by molar-refractivity contribution is 7.90. The summed E-state index contributed by atoms with van der Waals surface area (Å²) in [5.41, 5.74) is 0. The lowest BCUT2D eigenvalue weighted by Crippen LogP contribution is -1.77. The second-order valence-corrected chi connectivity index (χ2v) is 2.55. The summed E-state index contributed by atoms with van der Waals surface area (Å²) >= 11 is 0. The van der Waals surface area contributed by atoms with E-state index in [1.165, 1.54) is 37.6 Å². The van der Waals surface area contributed by atoms with Crippen LogP contribution in [0.3, 0.4) is 0 Å². The minimum Gasteiger partial charge on any atom is -0.504 e. The second kappa shape index (κ2) is 6.35.